The summed E-state index contributed by atoms with van der Waals surface area (Å²) in [7, 11) is 0. The third kappa shape index (κ3) is 2.06. The number of pyridine rings is 1. The van der Waals surface area contributed by atoms with Gasteiger partial charge in [-0.2, -0.15) is 0 Å². The summed E-state index contributed by atoms with van der Waals surface area (Å²) >= 11 is 0. The zero-order chi connectivity index (χ0) is 9.80. The molecule has 2 heterocycles. The third-order valence-electron chi connectivity index (χ3n) is 3.22. The minimum absolute atomic E-state index is 0.952. The molecule has 1 fully saturated rings. The first-order chi connectivity index (χ1) is 6.90. The molecule has 0 saturated carbocycles. The van der Waals surface area contributed by atoms with Crippen LogP contribution in [0.15, 0.2) is 24.5 Å². The van der Waals surface area contributed by atoms with Crippen molar-refractivity contribution >= 4 is 5.69 Å². The summed E-state index contributed by atoms with van der Waals surface area (Å²) in [5, 5.41) is 0. The van der Waals surface area contributed by atoms with Gasteiger partial charge in [0.2, 0.25) is 0 Å². The van der Waals surface area contributed by atoms with E-state index < -0.39 is 0 Å². The molecule has 0 bridgehead atoms. The van der Waals surface area contributed by atoms with E-state index in [0.29, 0.717) is 0 Å². The molecule has 1 aromatic heterocycles. The minimum atomic E-state index is 0.952. The molecule has 2 rings (SSSR count). The van der Waals surface area contributed by atoms with Gasteiger partial charge in [-0.25, -0.2) is 0 Å². The summed E-state index contributed by atoms with van der Waals surface area (Å²) in [6.45, 7) is 4.72. The largest absolute Gasteiger partial charge is 0.371 e. The van der Waals surface area contributed by atoms with Crippen LogP contribution in [-0.2, 0) is 0 Å². The summed E-state index contributed by atoms with van der Waals surface area (Å²) in [6, 6.07) is 4.21. The van der Waals surface area contributed by atoms with Crippen molar-refractivity contribution < 1.29 is 0 Å². The van der Waals surface area contributed by atoms with Crippen molar-refractivity contribution in [2.45, 2.75) is 26.2 Å². The predicted molar refractivity (Wildman–Crippen MR) is 59.5 cm³/mol. The third-order valence-corrected chi connectivity index (χ3v) is 3.22. The number of anilines is 1. The van der Waals surface area contributed by atoms with Gasteiger partial charge in [-0.05, 0) is 30.9 Å². The lowest BCUT2D eigenvalue weighted by molar-refractivity contribution is 0.395. The van der Waals surface area contributed by atoms with Gasteiger partial charge in [0.1, 0.15) is 0 Å². The Morgan fingerprint density at radius 1 is 1.29 bits per heavy atom. The Morgan fingerprint density at radius 2 is 1.93 bits per heavy atom. The summed E-state index contributed by atoms with van der Waals surface area (Å²) < 4.78 is 0. The van der Waals surface area contributed by atoms with Crippen molar-refractivity contribution in [1.29, 1.82) is 0 Å². The lowest BCUT2D eigenvalue weighted by Gasteiger charge is -2.33. The van der Waals surface area contributed by atoms with Crippen LogP contribution >= 0.6 is 0 Å². The van der Waals surface area contributed by atoms with Crippen molar-refractivity contribution in [2.24, 2.45) is 5.92 Å². The molecule has 14 heavy (non-hydrogen) atoms. The highest BCUT2D eigenvalue weighted by Gasteiger charge is 2.17. The smallest absolute Gasteiger partial charge is 0.0397 e. The van der Waals surface area contributed by atoms with Gasteiger partial charge in [0.25, 0.3) is 0 Å². The molecule has 1 saturated heterocycles. The van der Waals surface area contributed by atoms with Crippen LogP contribution < -0.4 is 4.90 Å². The van der Waals surface area contributed by atoms with E-state index in [9.17, 15) is 0 Å². The van der Waals surface area contributed by atoms with Crippen LogP contribution in [0.1, 0.15) is 26.2 Å². The first kappa shape index (κ1) is 9.50. The minimum Gasteiger partial charge on any atom is -0.371 e. The number of piperidine rings is 1. The second-order valence-electron chi connectivity index (χ2n) is 4.04. The molecular weight excluding hydrogens is 172 g/mol. The molecule has 1 aliphatic rings. The number of hydrogen-bond donors (Lipinski definition) is 0. The predicted octanol–water partition coefficient (Wildman–Crippen LogP) is 2.71. The molecule has 2 nitrogen and oxygen atoms in total. The highest BCUT2D eigenvalue weighted by Crippen LogP contribution is 2.24. The standard InChI is InChI=1S/C12H18N2/c1-2-11-5-9-14(10-6-11)12-3-7-13-8-4-12/h3-4,7-8,11H,2,5-6,9-10H2,1H3. The fourth-order valence-electron chi connectivity index (χ4n) is 2.15. The molecule has 0 N–H and O–H groups in total. The van der Waals surface area contributed by atoms with Gasteiger partial charge >= 0.3 is 0 Å². The normalized spacial score (nSPS) is 18.5. The Hall–Kier alpha value is -1.05. The number of aromatic nitrogens is 1. The van der Waals surface area contributed by atoms with Gasteiger partial charge in [-0.1, -0.05) is 13.3 Å². The molecule has 0 aromatic carbocycles. The van der Waals surface area contributed by atoms with Gasteiger partial charge in [0.15, 0.2) is 0 Å². The van der Waals surface area contributed by atoms with E-state index in [1.54, 1.807) is 0 Å². The first-order valence-corrected chi connectivity index (χ1v) is 5.55. The van der Waals surface area contributed by atoms with E-state index in [4.69, 9.17) is 0 Å². The number of hydrogen-bond acceptors (Lipinski definition) is 2. The van der Waals surface area contributed by atoms with E-state index in [1.807, 2.05) is 12.4 Å². The molecule has 0 radical (unpaired) electrons. The molecule has 76 valence electrons. The lowest BCUT2D eigenvalue weighted by Crippen LogP contribution is -2.33. The van der Waals surface area contributed by atoms with Crippen LogP contribution in [0.5, 0.6) is 0 Å². The molecule has 0 unspecified atom stereocenters. The van der Waals surface area contributed by atoms with E-state index in [1.165, 1.54) is 38.0 Å². The van der Waals surface area contributed by atoms with Gasteiger partial charge in [-0.15, -0.1) is 0 Å². The van der Waals surface area contributed by atoms with Crippen molar-refractivity contribution in [3.63, 3.8) is 0 Å². The fourth-order valence-corrected chi connectivity index (χ4v) is 2.15. The van der Waals surface area contributed by atoms with Crippen LogP contribution in [0.4, 0.5) is 5.69 Å². The number of nitrogens with zero attached hydrogens (tertiary/aromatic N) is 2. The van der Waals surface area contributed by atoms with Gasteiger partial charge in [0, 0.05) is 31.2 Å². The Morgan fingerprint density at radius 3 is 2.50 bits per heavy atom. The monoisotopic (exact) mass is 190 g/mol. The quantitative estimate of drug-likeness (QED) is 0.712. The Bertz CT molecular complexity index is 263. The maximum Gasteiger partial charge on any atom is 0.0397 e. The molecular formula is C12H18N2. The second kappa shape index (κ2) is 4.45. The highest BCUT2D eigenvalue weighted by atomic mass is 15.1. The van der Waals surface area contributed by atoms with Gasteiger partial charge in [0.05, 0.1) is 0 Å². The molecule has 0 spiro atoms. The van der Waals surface area contributed by atoms with Gasteiger partial charge in [-0.3, -0.25) is 4.98 Å². The van der Waals surface area contributed by atoms with E-state index in [0.717, 1.165) is 5.92 Å². The van der Waals surface area contributed by atoms with Crippen LogP contribution in [0, 0.1) is 5.92 Å². The molecule has 2 heteroatoms. The van der Waals surface area contributed by atoms with E-state index >= 15 is 0 Å². The van der Waals surface area contributed by atoms with E-state index in [-0.39, 0.29) is 0 Å². The van der Waals surface area contributed by atoms with Crippen molar-refractivity contribution in [3.8, 4) is 0 Å². The summed E-state index contributed by atoms with van der Waals surface area (Å²) in [5.41, 5.74) is 1.33. The lowest BCUT2D eigenvalue weighted by atomic mass is 9.94. The van der Waals surface area contributed by atoms with Crippen LogP contribution in [0.25, 0.3) is 0 Å². The maximum atomic E-state index is 4.04. The summed E-state index contributed by atoms with van der Waals surface area (Å²) in [6.07, 6.45) is 7.78. The maximum absolute atomic E-state index is 4.04. The Balaban J connectivity index is 1.96. The molecule has 0 aliphatic carbocycles. The second-order valence-corrected chi connectivity index (χ2v) is 4.04. The highest BCUT2D eigenvalue weighted by molar-refractivity contribution is 5.44. The average Bonchev–Trinajstić information content (AvgIpc) is 2.30. The fraction of sp³-hybridized carbons (Fsp3) is 0.583. The van der Waals surface area contributed by atoms with Crippen molar-refractivity contribution in [2.75, 3.05) is 18.0 Å². The summed E-state index contributed by atoms with van der Waals surface area (Å²) in [4.78, 5) is 6.51. The van der Waals surface area contributed by atoms with Crippen LogP contribution in [-0.4, -0.2) is 18.1 Å². The first-order valence-electron chi connectivity index (χ1n) is 5.55. The molecule has 0 amide bonds. The zero-order valence-electron chi connectivity index (χ0n) is 8.82. The Labute approximate surface area is 86.0 Å². The molecule has 1 aliphatic heterocycles. The number of rotatable bonds is 2. The zero-order valence-corrected chi connectivity index (χ0v) is 8.82. The SMILES string of the molecule is CCC1CCN(c2ccncc2)CC1. The topological polar surface area (TPSA) is 16.1 Å². The van der Waals surface area contributed by atoms with Crippen LogP contribution in [0.3, 0.4) is 0 Å². The molecule has 1 aromatic rings. The van der Waals surface area contributed by atoms with Crippen molar-refractivity contribution in [3.05, 3.63) is 24.5 Å². The average molecular weight is 190 g/mol. The molecule has 0 atom stereocenters. The summed E-state index contributed by atoms with van der Waals surface area (Å²) in [5.74, 6) is 0.952. The Kier molecular flexibility index (Phi) is 3.02. The van der Waals surface area contributed by atoms with Gasteiger partial charge < -0.3 is 4.90 Å². The van der Waals surface area contributed by atoms with Crippen LogP contribution in [0.2, 0.25) is 0 Å². The van der Waals surface area contributed by atoms with E-state index in [2.05, 4.69) is 28.9 Å². The van der Waals surface area contributed by atoms with Crippen molar-refractivity contribution in [1.82, 2.24) is 4.98 Å².